The number of nitrogens with zero attached hydrogens (tertiary/aromatic N) is 1. The highest BCUT2D eigenvalue weighted by Crippen LogP contribution is 2.38. The van der Waals surface area contributed by atoms with Crippen molar-refractivity contribution in [2.45, 2.75) is 77.6 Å². The van der Waals surface area contributed by atoms with Crippen molar-refractivity contribution in [2.24, 2.45) is 4.99 Å². The molecule has 1 saturated heterocycles. The van der Waals surface area contributed by atoms with Gasteiger partial charge in [-0.25, -0.2) is 15.1 Å². The van der Waals surface area contributed by atoms with Crippen LogP contribution in [-0.2, 0) is 23.6 Å². The Labute approximate surface area is 202 Å². The Balaban J connectivity index is 2.74. The number of carbonyl (C=O) groups is 2. The SMILES string of the molecule is CO/C(=N\CC(=O)NC/C=C(\C=C/C(C)Cl)B1OC(C)(C)C(C)(C)O1)NC(=O)OC(C)(C)C. The molecule has 1 aliphatic rings. The summed E-state index contributed by atoms with van der Waals surface area (Å²) in [6, 6.07) is -0.119. The maximum absolute atomic E-state index is 12.2. The van der Waals surface area contributed by atoms with Crippen LogP contribution in [-0.4, -0.2) is 67.5 Å². The summed E-state index contributed by atoms with van der Waals surface area (Å²) in [5.41, 5.74) is -0.911. The number of ether oxygens (including phenoxy) is 2. The van der Waals surface area contributed by atoms with Crippen LogP contribution in [0, 0.1) is 0 Å². The van der Waals surface area contributed by atoms with E-state index in [4.69, 9.17) is 30.4 Å². The van der Waals surface area contributed by atoms with Gasteiger partial charge in [0.05, 0.1) is 18.3 Å². The number of nitrogens with one attached hydrogen (secondary N) is 2. The molecule has 0 spiro atoms. The smallest absolute Gasteiger partial charge is 0.468 e. The largest absolute Gasteiger partial charge is 0.494 e. The molecular formula is C22H37BClN3O6. The molecule has 0 saturated carbocycles. The van der Waals surface area contributed by atoms with Gasteiger partial charge in [0, 0.05) is 11.9 Å². The average Bonchev–Trinajstić information content (AvgIpc) is 2.86. The number of amidine groups is 1. The molecular weight excluding hydrogens is 449 g/mol. The number of aliphatic imine (C=N–C) groups is 1. The van der Waals surface area contributed by atoms with Crippen molar-refractivity contribution >= 4 is 36.7 Å². The van der Waals surface area contributed by atoms with E-state index in [1.165, 1.54) is 7.11 Å². The van der Waals surface area contributed by atoms with Crippen LogP contribution in [0.1, 0.15) is 55.4 Å². The zero-order valence-corrected chi connectivity index (χ0v) is 21.8. The molecule has 1 unspecified atom stereocenters. The Morgan fingerprint density at radius 3 is 2.24 bits per heavy atom. The fourth-order valence-corrected chi connectivity index (χ4v) is 2.57. The van der Waals surface area contributed by atoms with Crippen LogP contribution < -0.4 is 10.6 Å². The zero-order valence-electron chi connectivity index (χ0n) is 21.1. The molecule has 1 rings (SSSR count). The third-order valence-corrected chi connectivity index (χ3v) is 5.03. The molecule has 0 radical (unpaired) electrons. The summed E-state index contributed by atoms with van der Waals surface area (Å²) in [6.45, 7) is 14.9. The first kappa shape index (κ1) is 29.0. The van der Waals surface area contributed by atoms with E-state index in [1.54, 1.807) is 26.8 Å². The minimum atomic E-state index is -0.723. The molecule has 11 heteroatoms. The second kappa shape index (κ2) is 11.9. The third-order valence-electron chi connectivity index (χ3n) is 4.88. The number of alkyl carbamates (subject to hydrolysis) is 1. The summed E-state index contributed by atoms with van der Waals surface area (Å²) in [5.74, 6) is -0.366. The number of alkyl halides is 1. The molecule has 0 bridgehead atoms. The molecule has 33 heavy (non-hydrogen) atoms. The van der Waals surface area contributed by atoms with E-state index in [-0.39, 0.29) is 30.4 Å². The van der Waals surface area contributed by atoms with Gasteiger partial charge >= 0.3 is 13.2 Å². The molecule has 9 nitrogen and oxygen atoms in total. The van der Waals surface area contributed by atoms with Gasteiger partial charge in [0.25, 0.3) is 6.02 Å². The van der Waals surface area contributed by atoms with Crippen molar-refractivity contribution in [1.29, 1.82) is 0 Å². The van der Waals surface area contributed by atoms with Gasteiger partial charge in [-0.15, -0.1) is 11.6 Å². The fraction of sp³-hybridized carbons (Fsp3) is 0.682. The standard InChI is InChI=1S/C22H37BClN3O6/c1-15(24)10-11-16(23-32-21(5,6)22(7,8)33-23)12-13-25-17(28)14-26-18(30-9)27-19(29)31-20(2,3)4/h10-12,15H,13-14H2,1-9H3,(H,25,28)(H,26,27,29)/b11-10-,16-12+. The summed E-state index contributed by atoms with van der Waals surface area (Å²) in [6.07, 6.45) is 4.73. The van der Waals surface area contributed by atoms with Gasteiger partial charge < -0.3 is 24.1 Å². The molecule has 0 aliphatic carbocycles. The minimum absolute atomic E-state index is 0.119. The summed E-state index contributed by atoms with van der Waals surface area (Å²) < 4.78 is 22.3. The molecule has 1 atom stereocenters. The van der Waals surface area contributed by atoms with E-state index < -0.39 is 30.0 Å². The summed E-state index contributed by atoms with van der Waals surface area (Å²) >= 11 is 6.05. The van der Waals surface area contributed by atoms with E-state index in [0.29, 0.717) is 0 Å². The Morgan fingerprint density at radius 1 is 1.18 bits per heavy atom. The highest BCUT2D eigenvalue weighted by molar-refractivity contribution is 6.55. The number of allylic oxidation sites excluding steroid dienone is 3. The van der Waals surface area contributed by atoms with Crippen LogP contribution in [0.5, 0.6) is 0 Å². The number of halogens is 1. The first-order chi connectivity index (χ1) is 15.1. The predicted octanol–water partition coefficient (Wildman–Crippen LogP) is 3.37. The molecule has 1 aliphatic heterocycles. The van der Waals surface area contributed by atoms with Gasteiger partial charge in [-0.1, -0.05) is 18.2 Å². The van der Waals surface area contributed by atoms with Crippen LogP contribution in [0.15, 0.2) is 28.7 Å². The lowest BCUT2D eigenvalue weighted by molar-refractivity contribution is -0.119. The second-order valence-electron chi connectivity index (χ2n) is 9.59. The predicted molar refractivity (Wildman–Crippen MR) is 130 cm³/mol. The van der Waals surface area contributed by atoms with Gasteiger partial charge in [-0.3, -0.25) is 4.79 Å². The maximum atomic E-state index is 12.2. The molecule has 0 aromatic rings. The monoisotopic (exact) mass is 485 g/mol. The zero-order chi connectivity index (χ0) is 25.4. The van der Waals surface area contributed by atoms with Gasteiger partial charge in [0.2, 0.25) is 5.91 Å². The highest BCUT2D eigenvalue weighted by Gasteiger charge is 2.51. The lowest BCUT2D eigenvalue weighted by Gasteiger charge is -2.32. The number of hydrogen-bond donors (Lipinski definition) is 2. The van der Waals surface area contributed by atoms with Crippen LogP contribution >= 0.6 is 11.6 Å². The van der Waals surface area contributed by atoms with Crippen molar-refractivity contribution in [3.05, 3.63) is 23.7 Å². The van der Waals surface area contributed by atoms with E-state index >= 15 is 0 Å². The molecule has 0 aromatic carbocycles. The van der Waals surface area contributed by atoms with Crippen LogP contribution in [0.4, 0.5) is 4.79 Å². The minimum Gasteiger partial charge on any atom is -0.468 e. The molecule has 2 N–H and O–H groups in total. The van der Waals surface area contributed by atoms with E-state index in [1.807, 2.05) is 46.8 Å². The lowest BCUT2D eigenvalue weighted by atomic mass is 9.77. The third kappa shape index (κ3) is 10.2. The summed E-state index contributed by atoms with van der Waals surface area (Å²) in [5, 5.41) is 4.91. The Hall–Kier alpha value is -2.04. The number of hydrogen-bond acceptors (Lipinski definition) is 7. The van der Waals surface area contributed by atoms with Crippen molar-refractivity contribution < 1.29 is 28.4 Å². The molecule has 186 valence electrons. The Kier molecular flexibility index (Phi) is 10.5. The Bertz CT molecular complexity index is 771. The van der Waals surface area contributed by atoms with Crippen LogP contribution in [0.2, 0.25) is 0 Å². The molecule has 2 amide bonds. The first-order valence-corrected chi connectivity index (χ1v) is 11.2. The maximum Gasteiger partial charge on any atom is 0.494 e. The van der Waals surface area contributed by atoms with E-state index in [0.717, 1.165) is 5.47 Å². The van der Waals surface area contributed by atoms with Gasteiger partial charge in [-0.2, -0.15) is 0 Å². The quantitative estimate of drug-likeness (QED) is 0.188. The number of methoxy groups -OCH3 is 1. The number of rotatable bonds is 7. The van der Waals surface area contributed by atoms with E-state index in [2.05, 4.69) is 15.6 Å². The van der Waals surface area contributed by atoms with Crippen molar-refractivity contribution in [3.63, 3.8) is 0 Å². The fourth-order valence-electron chi connectivity index (χ4n) is 2.49. The van der Waals surface area contributed by atoms with Crippen LogP contribution in [0.25, 0.3) is 0 Å². The number of carbonyl (C=O) groups excluding carboxylic acids is 2. The second-order valence-corrected chi connectivity index (χ2v) is 10.3. The van der Waals surface area contributed by atoms with Crippen molar-refractivity contribution in [1.82, 2.24) is 10.6 Å². The van der Waals surface area contributed by atoms with Gasteiger partial charge in [-0.05, 0) is 60.9 Å². The molecule has 1 heterocycles. The lowest BCUT2D eigenvalue weighted by Crippen LogP contribution is -2.41. The summed E-state index contributed by atoms with van der Waals surface area (Å²) in [7, 11) is 0.743. The van der Waals surface area contributed by atoms with Gasteiger partial charge in [0.1, 0.15) is 12.1 Å². The summed E-state index contributed by atoms with van der Waals surface area (Å²) in [4.78, 5) is 28.0. The van der Waals surface area contributed by atoms with E-state index in [9.17, 15) is 9.59 Å². The van der Waals surface area contributed by atoms with Gasteiger partial charge in [0.15, 0.2) is 0 Å². The topological polar surface area (TPSA) is 107 Å². The highest BCUT2D eigenvalue weighted by atomic mass is 35.5. The van der Waals surface area contributed by atoms with Crippen LogP contribution in [0.3, 0.4) is 0 Å². The average molecular weight is 486 g/mol. The number of amides is 2. The Morgan fingerprint density at radius 2 is 1.76 bits per heavy atom. The van der Waals surface area contributed by atoms with Crippen molar-refractivity contribution in [2.75, 3.05) is 20.2 Å². The molecule has 1 fully saturated rings. The van der Waals surface area contributed by atoms with Crippen molar-refractivity contribution in [3.8, 4) is 0 Å². The molecule has 0 aromatic heterocycles. The normalized spacial score (nSPS) is 19.4. The first-order valence-electron chi connectivity index (χ1n) is 10.8.